The summed E-state index contributed by atoms with van der Waals surface area (Å²) in [6.07, 6.45) is 3.83. The number of carbonyl (C=O) groups excluding carboxylic acids is 1. The molecule has 0 aliphatic carbocycles. The largest absolute Gasteiger partial charge is 0.338 e. The summed E-state index contributed by atoms with van der Waals surface area (Å²) in [4.78, 5) is 25.9. The number of rotatable bonds is 4. The Kier molecular flexibility index (Phi) is 4.44. The number of hydrogen-bond donors (Lipinski definition) is 2. The third-order valence-electron chi connectivity index (χ3n) is 4.87. The number of H-pyrrole nitrogens is 1. The molecule has 0 atom stereocenters. The van der Waals surface area contributed by atoms with Crippen LogP contribution in [0.3, 0.4) is 0 Å². The number of fused-ring (bicyclic) bond motifs is 1. The van der Waals surface area contributed by atoms with Gasteiger partial charge in [-0.3, -0.25) is 4.79 Å². The molecule has 6 nitrogen and oxygen atoms in total. The maximum Gasteiger partial charge on any atom is 0.267 e. The predicted molar refractivity (Wildman–Crippen MR) is 120 cm³/mol. The molecule has 0 aliphatic rings. The van der Waals surface area contributed by atoms with Crippen LogP contribution in [0.15, 0.2) is 67.0 Å². The molecule has 7 heteroatoms. The average Bonchev–Trinajstić information content (AvgIpc) is 3.47. The van der Waals surface area contributed by atoms with Gasteiger partial charge in [0.2, 0.25) is 0 Å². The van der Waals surface area contributed by atoms with Crippen LogP contribution in [0.25, 0.3) is 27.6 Å². The van der Waals surface area contributed by atoms with Crippen molar-refractivity contribution in [1.29, 1.82) is 0 Å². The first kappa shape index (κ1) is 18.3. The van der Waals surface area contributed by atoms with E-state index in [1.54, 1.807) is 0 Å². The van der Waals surface area contributed by atoms with Crippen molar-refractivity contribution in [3.05, 3.63) is 83.1 Å². The smallest absolute Gasteiger partial charge is 0.267 e. The van der Waals surface area contributed by atoms with Crippen LogP contribution in [0.1, 0.15) is 20.9 Å². The minimum Gasteiger partial charge on any atom is -0.338 e. The van der Waals surface area contributed by atoms with Gasteiger partial charge in [-0.2, -0.15) is 0 Å². The summed E-state index contributed by atoms with van der Waals surface area (Å²) in [5.41, 5.74) is 5.55. The minimum atomic E-state index is -0.157. The Labute approximate surface area is 177 Å². The van der Waals surface area contributed by atoms with E-state index in [1.807, 2.05) is 66.3 Å². The van der Waals surface area contributed by atoms with Gasteiger partial charge >= 0.3 is 0 Å². The normalized spacial score (nSPS) is 11.1. The highest BCUT2D eigenvalue weighted by atomic mass is 32.1. The summed E-state index contributed by atoms with van der Waals surface area (Å²) >= 11 is 1.37. The molecule has 3 aromatic heterocycles. The number of thiazole rings is 1. The van der Waals surface area contributed by atoms with Crippen molar-refractivity contribution in [2.45, 2.75) is 13.8 Å². The fourth-order valence-corrected chi connectivity index (χ4v) is 4.25. The van der Waals surface area contributed by atoms with Crippen molar-refractivity contribution in [2.24, 2.45) is 0 Å². The number of aromatic amines is 1. The number of carbonyl (C=O) groups is 1. The monoisotopic (exact) mass is 413 g/mol. The van der Waals surface area contributed by atoms with Gasteiger partial charge in [0.15, 0.2) is 5.13 Å². The van der Waals surface area contributed by atoms with E-state index < -0.39 is 0 Å². The zero-order chi connectivity index (χ0) is 20.7. The van der Waals surface area contributed by atoms with Crippen LogP contribution in [0, 0.1) is 13.8 Å². The molecule has 5 aromatic rings. The topological polar surface area (TPSA) is 75.6 Å². The van der Waals surface area contributed by atoms with Crippen LogP contribution in [0.2, 0.25) is 0 Å². The molecule has 0 unspecified atom stereocenters. The molecule has 2 aromatic carbocycles. The van der Waals surface area contributed by atoms with E-state index >= 15 is 0 Å². The number of anilines is 1. The van der Waals surface area contributed by atoms with Crippen molar-refractivity contribution >= 4 is 34.0 Å². The Bertz CT molecular complexity index is 1350. The zero-order valence-electron chi connectivity index (χ0n) is 16.5. The van der Waals surface area contributed by atoms with E-state index in [0.717, 1.165) is 38.9 Å². The first-order valence-electron chi connectivity index (χ1n) is 9.56. The van der Waals surface area contributed by atoms with Gasteiger partial charge in [-0.05, 0) is 67.9 Å². The number of nitrogens with one attached hydrogen (secondary N) is 2. The molecular weight excluding hydrogens is 394 g/mol. The van der Waals surface area contributed by atoms with Crippen molar-refractivity contribution in [3.8, 4) is 16.5 Å². The van der Waals surface area contributed by atoms with E-state index in [-0.39, 0.29) is 5.91 Å². The van der Waals surface area contributed by atoms with Crippen molar-refractivity contribution in [1.82, 2.24) is 19.5 Å². The number of hydrogen-bond acceptors (Lipinski definition) is 4. The highest BCUT2D eigenvalue weighted by Crippen LogP contribution is 2.25. The number of aryl methyl sites for hydroxylation is 2. The van der Waals surface area contributed by atoms with E-state index in [4.69, 9.17) is 0 Å². The van der Waals surface area contributed by atoms with Crippen LogP contribution in [0.5, 0.6) is 0 Å². The van der Waals surface area contributed by atoms with Crippen LogP contribution >= 0.6 is 11.3 Å². The summed E-state index contributed by atoms with van der Waals surface area (Å²) in [6.45, 7) is 3.91. The molecule has 30 heavy (non-hydrogen) atoms. The fourth-order valence-electron chi connectivity index (χ4n) is 3.32. The first-order valence-corrected chi connectivity index (χ1v) is 10.4. The van der Waals surface area contributed by atoms with E-state index in [9.17, 15) is 4.79 Å². The van der Waals surface area contributed by atoms with Crippen LogP contribution < -0.4 is 5.32 Å². The van der Waals surface area contributed by atoms with Gasteiger partial charge < -0.3 is 14.9 Å². The van der Waals surface area contributed by atoms with E-state index in [1.165, 1.54) is 16.9 Å². The summed E-state index contributed by atoms with van der Waals surface area (Å²) < 4.78 is 1.90. The predicted octanol–water partition coefficient (Wildman–Crippen LogP) is 5.35. The molecule has 0 radical (unpaired) electrons. The summed E-state index contributed by atoms with van der Waals surface area (Å²) in [6, 6.07) is 17.7. The highest BCUT2D eigenvalue weighted by molar-refractivity contribution is 7.16. The van der Waals surface area contributed by atoms with Gasteiger partial charge in [-0.15, -0.1) is 0 Å². The maximum absolute atomic E-state index is 12.8. The van der Waals surface area contributed by atoms with E-state index in [2.05, 4.69) is 39.3 Å². The molecule has 0 fully saturated rings. The third-order valence-corrected chi connectivity index (χ3v) is 6.04. The molecular formula is C23H19N5OS. The van der Waals surface area contributed by atoms with Gasteiger partial charge in [0, 0.05) is 23.6 Å². The Morgan fingerprint density at radius 1 is 1.03 bits per heavy atom. The maximum atomic E-state index is 12.8. The third kappa shape index (κ3) is 3.40. The second kappa shape index (κ2) is 7.27. The van der Waals surface area contributed by atoms with Crippen LogP contribution in [0.4, 0.5) is 5.69 Å². The lowest BCUT2D eigenvalue weighted by molar-refractivity contribution is 0.103. The van der Waals surface area contributed by atoms with Gasteiger partial charge in [-0.25, -0.2) is 9.97 Å². The number of nitrogens with zero attached hydrogens (tertiary/aromatic N) is 3. The number of benzene rings is 2. The highest BCUT2D eigenvalue weighted by Gasteiger charge is 2.16. The summed E-state index contributed by atoms with van der Waals surface area (Å²) in [5.74, 6) is 0.651. The lowest BCUT2D eigenvalue weighted by Gasteiger charge is -2.05. The van der Waals surface area contributed by atoms with Gasteiger partial charge in [0.1, 0.15) is 10.7 Å². The SMILES string of the molecule is Cc1ccc2nc(-c3ccc(NC(=O)c4sc(-n5cccc5)nc4C)cc3)[nH]c2c1. The molecule has 0 bridgehead atoms. The minimum absolute atomic E-state index is 0.157. The van der Waals surface area contributed by atoms with Crippen molar-refractivity contribution in [3.63, 3.8) is 0 Å². The van der Waals surface area contributed by atoms with Crippen molar-refractivity contribution in [2.75, 3.05) is 5.32 Å². The number of imidazole rings is 1. The Morgan fingerprint density at radius 3 is 2.57 bits per heavy atom. The molecule has 148 valence electrons. The van der Waals surface area contributed by atoms with Gasteiger partial charge in [0.05, 0.1) is 16.7 Å². The molecule has 0 saturated heterocycles. The number of aromatic nitrogens is 4. The number of amides is 1. The molecule has 0 spiro atoms. The van der Waals surface area contributed by atoms with Gasteiger partial charge in [-0.1, -0.05) is 17.4 Å². The Hall–Kier alpha value is -3.71. The molecule has 0 saturated carbocycles. The molecule has 1 amide bonds. The average molecular weight is 414 g/mol. The fraction of sp³-hybridized carbons (Fsp3) is 0.0870. The zero-order valence-corrected chi connectivity index (χ0v) is 17.3. The quantitative estimate of drug-likeness (QED) is 0.417. The molecule has 2 N–H and O–H groups in total. The Balaban J connectivity index is 1.35. The van der Waals surface area contributed by atoms with Crippen molar-refractivity contribution < 1.29 is 4.79 Å². The summed E-state index contributed by atoms with van der Waals surface area (Å²) in [5, 5.41) is 3.74. The Morgan fingerprint density at radius 2 is 1.80 bits per heavy atom. The second-order valence-electron chi connectivity index (χ2n) is 7.14. The molecule has 0 aliphatic heterocycles. The first-order chi connectivity index (χ1) is 14.6. The van der Waals surface area contributed by atoms with Gasteiger partial charge in [0.25, 0.3) is 5.91 Å². The van der Waals surface area contributed by atoms with Crippen LogP contribution in [-0.2, 0) is 0 Å². The van der Waals surface area contributed by atoms with E-state index in [0.29, 0.717) is 4.88 Å². The molecule has 3 heterocycles. The second-order valence-corrected chi connectivity index (χ2v) is 8.12. The standard InChI is InChI=1S/C23H19N5OS/c1-14-5-10-18-19(13-14)27-21(26-18)16-6-8-17(9-7-16)25-22(29)20-15(2)24-23(30-20)28-11-3-4-12-28/h3-13H,1-2H3,(H,25,29)(H,26,27). The molecule has 5 rings (SSSR count). The summed E-state index contributed by atoms with van der Waals surface area (Å²) in [7, 11) is 0. The lowest BCUT2D eigenvalue weighted by Crippen LogP contribution is -2.11. The lowest BCUT2D eigenvalue weighted by atomic mass is 10.2. The van der Waals surface area contributed by atoms with Crippen LogP contribution in [-0.4, -0.2) is 25.4 Å².